The van der Waals surface area contributed by atoms with Gasteiger partial charge in [0, 0.05) is 19.9 Å². The molecule has 60 valence electrons. The number of aliphatic hydroxyl groups excluding tert-OH is 1. The molecule has 0 saturated heterocycles. The maximum Gasteiger partial charge on any atom is 0.112 e. The summed E-state index contributed by atoms with van der Waals surface area (Å²) in [6, 6.07) is 0. The van der Waals surface area contributed by atoms with Crippen LogP contribution in [0.1, 0.15) is 13.3 Å². The average molecular weight is 145 g/mol. The molecule has 0 spiro atoms. The minimum absolute atomic E-state index is 0.352. The van der Waals surface area contributed by atoms with Crippen LogP contribution in [0, 0.1) is 0 Å². The third kappa shape index (κ3) is 5.72. The molecule has 0 rings (SSSR count). The Morgan fingerprint density at radius 3 is 2.90 bits per heavy atom. The topological polar surface area (TPSA) is 41.8 Å². The van der Waals surface area contributed by atoms with Crippen molar-refractivity contribution in [3.8, 4) is 0 Å². The first-order chi connectivity index (χ1) is 4.81. The van der Waals surface area contributed by atoms with Crippen LogP contribution in [0.5, 0.6) is 0 Å². The van der Waals surface area contributed by atoms with Gasteiger partial charge in [0.1, 0.15) is 6.10 Å². The van der Waals surface area contributed by atoms with Crippen LogP contribution >= 0.6 is 0 Å². The number of hydrogen-bond acceptors (Lipinski definition) is 3. The minimum atomic E-state index is -0.545. The van der Waals surface area contributed by atoms with Gasteiger partial charge >= 0.3 is 0 Å². The smallest absolute Gasteiger partial charge is 0.112 e. The fraction of sp³-hybridized carbons (Fsp3) is 0.857. The number of nitrogens with zero attached hydrogens (tertiary/aromatic N) is 1. The highest BCUT2D eigenvalue weighted by atomic mass is 16.5. The summed E-state index contributed by atoms with van der Waals surface area (Å²) in [6.45, 7) is 3.08. The van der Waals surface area contributed by atoms with E-state index in [1.165, 1.54) is 6.21 Å². The van der Waals surface area contributed by atoms with Crippen LogP contribution in [0.25, 0.3) is 0 Å². The van der Waals surface area contributed by atoms with E-state index in [2.05, 4.69) is 4.99 Å². The summed E-state index contributed by atoms with van der Waals surface area (Å²) in [6.07, 6.45) is 1.91. The number of aliphatic hydroxyl groups is 1. The lowest BCUT2D eigenvalue weighted by molar-refractivity contribution is 0.0704. The first-order valence-corrected chi connectivity index (χ1v) is 3.49. The summed E-state index contributed by atoms with van der Waals surface area (Å²) in [5, 5.41) is 9.00. The molecule has 0 amide bonds. The van der Waals surface area contributed by atoms with Crippen LogP contribution in [0.15, 0.2) is 4.99 Å². The highest BCUT2D eigenvalue weighted by molar-refractivity contribution is 5.62. The molecule has 0 radical (unpaired) electrons. The Hall–Kier alpha value is -0.410. The molecular formula is C7H15NO2. The molecule has 0 aromatic rings. The van der Waals surface area contributed by atoms with E-state index in [1.54, 1.807) is 7.05 Å². The van der Waals surface area contributed by atoms with Gasteiger partial charge < -0.3 is 9.84 Å². The standard InChI is InChI=1S/C7H15NO2/c1-3-4-10-6-7(9)5-8-2/h5,7,9H,3-4,6H2,1-2H3. The highest BCUT2D eigenvalue weighted by Gasteiger charge is 1.96. The summed E-state index contributed by atoms with van der Waals surface area (Å²) in [7, 11) is 1.63. The second-order valence-electron chi connectivity index (χ2n) is 2.05. The van der Waals surface area contributed by atoms with Gasteiger partial charge in [0.2, 0.25) is 0 Å². The van der Waals surface area contributed by atoms with Gasteiger partial charge in [-0.05, 0) is 6.42 Å². The molecule has 0 heterocycles. The second kappa shape index (κ2) is 6.71. The maximum absolute atomic E-state index is 9.00. The van der Waals surface area contributed by atoms with Crippen LogP contribution in [0.2, 0.25) is 0 Å². The number of hydrogen-bond donors (Lipinski definition) is 1. The van der Waals surface area contributed by atoms with Gasteiger partial charge in [0.05, 0.1) is 6.61 Å². The molecule has 1 atom stereocenters. The van der Waals surface area contributed by atoms with E-state index in [0.29, 0.717) is 13.2 Å². The molecule has 0 aliphatic heterocycles. The monoisotopic (exact) mass is 145 g/mol. The van der Waals surface area contributed by atoms with Crippen molar-refractivity contribution in [1.82, 2.24) is 0 Å². The van der Waals surface area contributed by atoms with E-state index >= 15 is 0 Å². The van der Waals surface area contributed by atoms with Crippen molar-refractivity contribution < 1.29 is 9.84 Å². The fourth-order valence-corrected chi connectivity index (χ4v) is 0.564. The van der Waals surface area contributed by atoms with Crippen molar-refractivity contribution in [2.24, 2.45) is 4.99 Å². The Labute approximate surface area is 61.7 Å². The van der Waals surface area contributed by atoms with Gasteiger partial charge in [-0.25, -0.2) is 0 Å². The summed E-state index contributed by atoms with van der Waals surface area (Å²) in [5.74, 6) is 0. The Morgan fingerprint density at radius 1 is 1.70 bits per heavy atom. The number of ether oxygens (including phenoxy) is 1. The van der Waals surface area contributed by atoms with E-state index in [1.807, 2.05) is 6.92 Å². The summed E-state index contributed by atoms with van der Waals surface area (Å²) in [4.78, 5) is 3.66. The van der Waals surface area contributed by atoms with Crippen molar-refractivity contribution in [3.05, 3.63) is 0 Å². The van der Waals surface area contributed by atoms with Crippen molar-refractivity contribution in [2.45, 2.75) is 19.4 Å². The van der Waals surface area contributed by atoms with Crippen molar-refractivity contribution in [2.75, 3.05) is 20.3 Å². The highest BCUT2D eigenvalue weighted by Crippen LogP contribution is 1.84. The van der Waals surface area contributed by atoms with Gasteiger partial charge in [-0.2, -0.15) is 0 Å². The molecule has 0 fully saturated rings. The molecule has 0 aromatic heterocycles. The van der Waals surface area contributed by atoms with E-state index in [9.17, 15) is 0 Å². The maximum atomic E-state index is 9.00. The molecule has 1 N–H and O–H groups in total. The second-order valence-corrected chi connectivity index (χ2v) is 2.05. The lowest BCUT2D eigenvalue weighted by atomic mass is 10.4. The molecule has 0 bridgehead atoms. The third-order valence-electron chi connectivity index (χ3n) is 0.958. The predicted molar refractivity (Wildman–Crippen MR) is 41.5 cm³/mol. The molecule has 0 aliphatic carbocycles. The predicted octanol–water partition coefficient (Wildman–Crippen LogP) is 0.474. The van der Waals surface area contributed by atoms with Crippen molar-refractivity contribution >= 4 is 6.21 Å². The van der Waals surface area contributed by atoms with E-state index in [0.717, 1.165) is 6.42 Å². The van der Waals surface area contributed by atoms with Gasteiger partial charge in [-0.15, -0.1) is 0 Å². The molecule has 0 saturated carbocycles. The first-order valence-electron chi connectivity index (χ1n) is 3.49. The average Bonchev–Trinajstić information content (AvgIpc) is 1.89. The minimum Gasteiger partial charge on any atom is -0.385 e. The quantitative estimate of drug-likeness (QED) is 0.451. The molecule has 3 heteroatoms. The van der Waals surface area contributed by atoms with E-state index in [4.69, 9.17) is 9.84 Å². The van der Waals surface area contributed by atoms with Gasteiger partial charge in [-0.3, -0.25) is 4.99 Å². The zero-order chi connectivity index (χ0) is 7.82. The van der Waals surface area contributed by atoms with Crippen LogP contribution in [0.3, 0.4) is 0 Å². The van der Waals surface area contributed by atoms with Crippen molar-refractivity contribution in [3.63, 3.8) is 0 Å². The van der Waals surface area contributed by atoms with Crippen LogP contribution in [-0.2, 0) is 4.74 Å². The lowest BCUT2D eigenvalue weighted by Crippen LogP contribution is -2.16. The molecule has 1 unspecified atom stereocenters. The van der Waals surface area contributed by atoms with Gasteiger partial charge in [-0.1, -0.05) is 6.92 Å². The zero-order valence-corrected chi connectivity index (χ0v) is 6.58. The Morgan fingerprint density at radius 2 is 2.40 bits per heavy atom. The largest absolute Gasteiger partial charge is 0.385 e. The van der Waals surface area contributed by atoms with Crippen LogP contribution in [0.4, 0.5) is 0 Å². The molecule has 0 aliphatic rings. The van der Waals surface area contributed by atoms with E-state index < -0.39 is 6.10 Å². The molecule has 0 aromatic carbocycles. The summed E-state index contributed by atoms with van der Waals surface area (Å²) < 4.78 is 5.06. The summed E-state index contributed by atoms with van der Waals surface area (Å²) in [5.41, 5.74) is 0. The number of aliphatic imine (C=N–C) groups is 1. The Balaban J connectivity index is 3.13. The van der Waals surface area contributed by atoms with Crippen LogP contribution in [-0.4, -0.2) is 37.7 Å². The van der Waals surface area contributed by atoms with Gasteiger partial charge in [0.15, 0.2) is 0 Å². The van der Waals surface area contributed by atoms with Crippen LogP contribution < -0.4 is 0 Å². The zero-order valence-electron chi connectivity index (χ0n) is 6.58. The van der Waals surface area contributed by atoms with E-state index in [-0.39, 0.29) is 0 Å². The third-order valence-corrected chi connectivity index (χ3v) is 0.958. The normalized spacial score (nSPS) is 14.3. The molecular weight excluding hydrogens is 130 g/mol. The SMILES string of the molecule is CCCOCC(O)C=NC. The fourth-order valence-electron chi connectivity index (χ4n) is 0.564. The molecule has 3 nitrogen and oxygen atoms in total. The Kier molecular flexibility index (Phi) is 6.43. The van der Waals surface area contributed by atoms with Crippen molar-refractivity contribution in [1.29, 1.82) is 0 Å². The first kappa shape index (κ1) is 9.59. The number of rotatable bonds is 5. The Bertz CT molecular complexity index is 93.6. The molecule has 10 heavy (non-hydrogen) atoms. The van der Waals surface area contributed by atoms with Gasteiger partial charge in [0.25, 0.3) is 0 Å². The lowest BCUT2D eigenvalue weighted by Gasteiger charge is -2.03. The summed E-state index contributed by atoms with van der Waals surface area (Å²) >= 11 is 0.